The second kappa shape index (κ2) is 10.3. The van der Waals surface area contributed by atoms with Crippen molar-refractivity contribution in [2.75, 3.05) is 0 Å². The largest absolute Gasteiger partial charge is 0.423 e. The van der Waals surface area contributed by atoms with E-state index < -0.39 is 5.97 Å². The monoisotopic (exact) mass is 609 g/mol. The molecule has 1 aliphatic heterocycles. The average Bonchev–Trinajstić information content (AvgIpc) is 3.02. The van der Waals surface area contributed by atoms with Gasteiger partial charge in [-0.2, -0.15) is 0 Å². The standard InChI is InChI=1S/C24H14Cl2INO4S/c25-16-6-9-19(20(26)12-16)23(30)32-18-3-1-2-15(10-18)11-21-22(29)28(24(31)33-21)13-14-4-7-17(27)8-5-14/h1-12H,13H2/b21-11-. The molecule has 0 aliphatic carbocycles. The molecule has 5 nitrogen and oxygen atoms in total. The van der Waals surface area contributed by atoms with E-state index in [0.717, 1.165) is 20.9 Å². The maximum absolute atomic E-state index is 12.8. The quantitative estimate of drug-likeness (QED) is 0.134. The lowest BCUT2D eigenvalue weighted by molar-refractivity contribution is -0.123. The molecule has 166 valence electrons. The number of benzene rings is 3. The highest BCUT2D eigenvalue weighted by molar-refractivity contribution is 14.1. The number of hydrogen-bond donors (Lipinski definition) is 0. The van der Waals surface area contributed by atoms with Gasteiger partial charge in [-0.25, -0.2) is 4.79 Å². The Balaban J connectivity index is 1.49. The molecule has 0 N–H and O–H groups in total. The fraction of sp³-hybridized carbons (Fsp3) is 0.0417. The fourth-order valence-electron chi connectivity index (χ4n) is 3.04. The summed E-state index contributed by atoms with van der Waals surface area (Å²) in [4.78, 5) is 39.2. The number of esters is 1. The van der Waals surface area contributed by atoms with Crippen molar-refractivity contribution >= 4 is 80.7 Å². The number of imide groups is 1. The van der Waals surface area contributed by atoms with Crippen LogP contribution in [0.2, 0.25) is 10.0 Å². The SMILES string of the molecule is O=C(Oc1cccc(/C=C2\SC(=O)N(Cc3ccc(I)cc3)C2=O)c1)c1ccc(Cl)cc1Cl. The third kappa shape index (κ3) is 5.78. The van der Waals surface area contributed by atoms with E-state index in [9.17, 15) is 14.4 Å². The number of thioether (sulfide) groups is 1. The van der Waals surface area contributed by atoms with Gasteiger partial charge in [0.2, 0.25) is 0 Å². The molecule has 0 saturated carbocycles. The number of hydrogen-bond acceptors (Lipinski definition) is 5. The number of carbonyl (C=O) groups is 3. The third-order valence-electron chi connectivity index (χ3n) is 4.64. The predicted molar refractivity (Wildman–Crippen MR) is 139 cm³/mol. The van der Waals surface area contributed by atoms with Gasteiger partial charge in [0, 0.05) is 8.59 Å². The van der Waals surface area contributed by atoms with E-state index in [4.69, 9.17) is 27.9 Å². The Labute approximate surface area is 217 Å². The van der Waals surface area contributed by atoms with Crippen LogP contribution in [0.25, 0.3) is 6.08 Å². The molecule has 3 aromatic carbocycles. The first-order chi connectivity index (χ1) is 15.8. The number of ether oxygens (including phenoxy) is 1. The molecular formula is C24H14Cl2INO4S. The molecule has 2 amide bonds. The molecule has 3 aromatic rings. The van der Waals surface area contributed by atoms with Crippen LogP contribution in [0.1, 0.15) is 21.5 Å². The summed E-state index contributed by atoms with van der Waals surface area (Å²) in [5, 5.41) is 0.268. The first-order valence-electron chi connectivity index (χ1n) is 9.57. The normalized spacial score (nSPS) is 14.8. The summed E-state index contributed by atoms with van der Waals surface area (Å²) in [6.07, 6.45) is 1.60. The first-order valence-corrected chi connectivity index (χ1v) is 12.2. The van der Waals surface area contributed by atoms with Crippen LogP contribution in [0.5, 0.6) is 5.75 Å². The van der Waals surface area contributed by atoms with Crippen molar-refractivity contribution in [3.63, 3.8) is 0 Å². The van der Waals surface area contributed by atoms with E-state index in [2.05, 4.69) is 22.6 Å². The molecule has 4 rings (SSSR count). The van der Waals surface area contributed by atoms with Crippen LogP contribution in [0.15, 0.2) is 71.6 Å². The molecule has 0 spiro atoms. The van der Waals surface area contributed by atoms with Crippen molar-refractivity contribution < 1.29 is 19.1 Å². The van der Waals surface area contributed by atoms with Crippen molar-refractivity contribution in [3.05, 3.63) is 102 Å². The third-order valence-corrected chi connectivity index (χ3v) is 6.82. The number of halogens is 3. The van der Waals surface area contributed by atoms with Crippen LogP contribution in [-0.4, -0.2) is 22.0 Å². The molecule has 1 fully saturated rings. The van der Waals surface area contributed by atoms with Crippen molar-refractivity contribution in [1.82, 2.24) is 4.90 Å². The lowest BCUT2D eigenvalue weighted by Crippen LogP contribution is -2.27. The molecule has 1 aliphatic rings. The van der Waals surface area contributed by atoms with E-state index in [1.54, 1.807) is 36.4 Å². The summed E-state index contributed by atoms with van der Waals surface area (Å²) >= 11 is 15.0. The minimum Gasteiger partial charge on any atom is -0.423 e. The van der Waals surface area contributed by atoms with E-state index in [-0.39, 0.29) is 34.0 Å². The molecule has 0 bridgehead atoms. The molecule has 0 radical (unpaired) electrons. The Hall–Kier alpha value is -2.33. The van der Waals surface area contributed by atoms with Gasteiger partial charge in [-0.1, -0.05) is 47.5 Å². The molecule has 1 saturated heterocycles. The van der Waals surface area contributed by atoms with E-state index in [1.165, 1.54) is 17.0 Å². The molecular weight excluding hydrogens is 596 g/mol. The Morgan fingerprint density at radius 3 is 2.52 bits per heavy atom. The van der Waals surface area contributed by atoms with Gasteiger partial charge >= 0.3 is 5.97 Å². The zero-order chi connectivity index (χ0) is 23.5. The minimum absolute atomic E-state index is 0.184. The van der Waals surface area contributed by atoms with Gasteiger partial charge in [0.05, 0.1) is 22.0 Å². The maximum atomic E-state index is 12.8. The van der Waals surface area contributed by atoms with Crippen LogP contribution in [-0.2, 0) is 11.3 Å². The molecule has 0 unspecified atom stereocenters. The van der Waals surface area contributed by atoms with Gasteiger partial charge in [-0.05, 0) is 94.0 Å². The number of carbonyl (C=O) groups excluding carboxylic acids is 3. The minimum atomic E-state index is -0.633. The van der Waals surface area contributed by atoms with Gasteiger partial charge in [-0.3, -0.25) is 14.5 Å². The second-order valence-electron chi connectivity index (χ2n) is 6.98. The Kier molecular flexibility index (Phi) is 7.43. The lowest BCUT2D eigenvalue weighted by Gasteiger charge is -2.12. The topological polar surface area (TPSA) is 63.7 Å². The Morgan fingerprint density at radius 2 is 1.79 bits per heavy atom. The highest BCUT2D eigenvalue weighted by atomic mass is 127. The number of rotatable bonds is 5. The molecule has 1 heterocycles. The van der Waals surface area contributed by atoms with E-state index in [0.29, 0.717) is 15.5 Å². The highest BCUT2D eigenvalue weighted by Gasteiger charge is 2.35. The molecule has 9 heteroatoms. The lowest BCUT2D eigenvalue weighted by atomic mass is 10.2. The van der Waals surface area contributed by atoms with Crippen LogP contribution in [0, 0.1) is 3.57 Å². The maximum Gasteiger partial charge on any atom is 0.345 e. The van der Waals surface area contributed by atoms with Crippen LogP contribution < -0.4 is 4.74 Å². The summed E-state index contributed by atoms with van der Waals surface area (Å²) in [6.45, 7) is 0.207. The van der Waals surface area contributed by atoms with Gasteiger partial charge in [0.1, 0.15) is 5.75 Å². The highest BCUT2D eigenvalue weighted by Crippen LogP contribution is 2.34. The average molecular weight is 610 g/mol. The van der Waals surface area contributed by atoms with Gasteiger partial charge in [0.25, 0.3) is 11.1 Å². The number of amides is 2. The molecule has 0 aromatic heterocycles. The summed E-state index contributed by atoms with van der Waals surface area (Å²) in [7, 11) is 0. The summed E-state index contributed by atoms with van der Waals surface area (Å²) in [5.41, 5.74) is 1.67. The van der Waals surface area contributed by atoms with E-state index in [1.807, 2.05) is 24.3 Å². The van der Waals surface area contributed by atoms with Crippen molar-refractivity contribution in [3.8, 4) is 5.75 Å². The van der Waals surface area contributed by atoms with Crippen LogP contribution in [0.4, 0.5) is 4.79 Å². The van der Waals surface area contributed by atoms with Gasteiger partial charge in [0.15, 0.2) is 0 Å². The second-order valence-corrected chi connectivity index (χ2v) is 10.1. The number of nitrogens with zero attached hydrogens (tertiary/aromatic N) is 1. The summed E-state index contributed by atoms with van der Waals surface area (Å²) in [5.74, 6) is -0.719. The van der Waals surface area contributed by atoms with Crippen LogP contribution >= 0.6 is 57.6 Å². The van der Waals surface area contributed by atoms with Crippen molar-refractivity contribution in [1.29, 1.82) is 0 Å². The van der Waals surface area contributed by atoms with E-state index >= 15 is 0 Å². The molecule has 0 atom stereocenters. The zero-order valence-corrected chi connectivity index (χ0v) is 21.2. The summed E-state index contributed by atoms with van der Waals surface area (Å²) in [6, 6.07) is 18.8. The Morgan fingerprint density at radius 1 is 1.03 bits per heavy atom. The summed E-state index contributed by atoms with van der Waals surface area (Å²) < 4.78 is 6.49. The van der Waals surface area contributed by atoms with Crippen LogP contribution in [0.3, 0.4) is 0 Å². The zero-order valence-electron chi connectivity index (χ0n) is 16.8. The van der Waals surface area contributed by atoms with Gasteiger partial charge in [-0.15, -0.1) is 0 Å². The molecule has 33 heavy (non-hydrogen) atoms. The van der Waals surface area contributed by atoms with Gasteiger partial charge < -0.3 is 4.74 Å². The van der Waals surface area contributed by atoms with Crippen molar-refractivity contribution in [2.24, 2.45) is 0 Å². The smallest absolute Gasteiger partial charge is 0.345 e. The Bertz CT molecular complexity index is 1290. The fourth-order valence-corrected chi connectivity index (χ4v) is 4.73. The predicted octanol–water partition coefficient (Wildman–Crippen LogP) is 7.05. The van der Waals surface area contributed by atoms with Crippen molar-refractivity contribution in [2.45, 2.75) is 6.54 Å². The first kappa shape index (κ1) is 23.8.